The smallest absolute Gasteiger partial charge is 0.341 e. The van der Waals surface area contributed by atoms with E-state index in [1.807, 2.05) is 6.92 Å². The largest absolute Gasteiger partial charge is 0.496 e. The fourth-order valence-electron chi connectivity index (χ4n) is 1.27. The van der Waals surface area contributed by atoms with Gasteiger partial charge in [-0.1, -0.05) is 6.07 Å². The number of carbonyl (C=O) groups excluding carboxylic acids is 1. The van der Waals surface area contributed by atoms with Gasteiger partial charge in [0, 0.05) is 6.04 Å². The number of methoxy groups -OCH3 is 2. The molecule has 16 heavy (non-hydrogen) atoms. The van der Waals surface area contributed by atoms with Gasteiger partial charge in [0.1, 0.15) is 11.3 Å². The fraction of sp³-hybridized carbons (Fsp3) is 0.364. The molecule has 0 spiro atoms. The summed E-state index contributed by atoms with van der Waals surface area (Å²) < 4.78 is 9.73. The minimum Gasteiger partial charge on any atom is -0.496 e. The van der Waals surface area contributed by atoms with Crippen LogP contribution in [0.3, 0.4) is 0 Å². The Kier molecular flexibility index (Phi) is 5.85. The van der Waals surface area contributed by atoms with Crippen LogP contribution in [-0.4, -0.2) is 20.2 Å². The molecule has 0 unspecified atom stereocenters. The summed E-state index contributed by atoms with van der Waals surface area (Å²) in [6.45, 7) is 1.87. The second kappa shape index (κ2) is 6.35. The fourth-order valence-corrected chi connectivity index (χ4v) is 1.27. The van der Waals surface area contributed by atoms with Gasteiger partial charge < -0.3 is 15.2 Å². The monoisotopic (exact) mass is 245 g/mol. The zero-order valence-electron chi connectivity index (χ0n) is 9.52. The molecule has 1 aromatic carbocycles. The van der Waals surface area contributed by atoms with E-state index in [0.717, 1.165) is 5.56 Å². The minimum absolute atomic E-state index is 0. The van der Waals surface area contributed by atoms with Crippen LogP contribution in [0.5, 0.6) is 5.75 Å². The molecule has 0 heterocycles. The van der Waals surface area contributed by atoms with Crippen LogP contribution < -0.4 is 10.5 Å². The Hall–Kier alpha value is -1.26. The van der Waals surface area contributed by atoms with E-state index in [4.69, 9.17) is 10.5 Å². The second-order valence-electron chi connectivity index (χ2n) is 3.24. The first kappa shape index (κ1) is 14.7. The molecule has 2 N–H and O–H groups in total. The van der Waals surface area contributed by atoms with Gasteiger partial charge >= 0.3 is 5.97 Å². The lowest BCUT2D eigenvalue weighted by molar-refractivity contribution is 0.0597. The molecule has 90 valence electrons. The highest BCUT2D eigenvalue weighted by atomic mass is 35.5. The van der Waals surface area contributed by atoms with E-state index in [-0.39, 0.29) is 18.4 Å². The maximum absolute atomic E-state index is 11.3. The van der Waals surface area contributed by atoms with Gasteiger partial charge in [0.2, 0.25) is 0 Å². The number of ether oxygens (including phenoxy) is 2. The predicted molar refractivity (Wildman–Crippen MR) is 64.2 cm³/mol. The molecule has 1 atom stereocenters. The standard InChI is InChI=1S/C11H15NO3.ClH/c1-7(12)8-4-5-9(11(13)15-3)10(6-8)14-2;/h4-7H,12H2,1-3H3;1H/t7-;/m0./s1. The molecule has 0 aliphatic heterocycles. The highest BCUT2D eigenvalue weighted by molar-refractivity contribution is 5.92. The van der Waals surface area contributed by atoms with Gasteiger partial charge in [-0.2, -0.15) is 0 Å². The first-order chi connectivity index (χ1) is 7.10. The molecular formula is C11H16ClNO3. The SMILES string of the molecule is COC(=O)c1ccc([C@H](C)N)cc1OC.Cl. The summed E-state index contributed by atoms with van der Waals surface area (Å²) in [4.78, 5) is 11.3. The molecule has 0 amide bonds. The molecule has 0 saturated heterocycles. The first-order valence-electron chi connectivity index (χ1n) is 4.62. The summed E-state index contributed by atoms with van der Waals surface area (Å²) in [5.74, 6) is 0.0692. The molecule has 1 aromatic rings. The summed E-state index contributed by atoms with van der Waals surface area (Å²) in [5, 5.41) is 0. The van der Waals surface area contributed by atoms with Crippen LogP contribution in [0, 0.1) is 0 Å². The lowest BCUT2D eigenvalue weighted by Crippen LogP contribution is -2.08. The zero-order valence-corrected chi connectivity index (χ0v) is 10.3. The van der Waals surface area contributed by atoms with E-state index in [1.54, 1.807) is 18.2 Å². The van der Waals surface area contributed by atoms with E-state index in [1.165, 1.54) is 14.2 Å². The molecule has 0 bridgehead atoms. The molecule has 5 heteroatoms. The van der Waals surface area contributed by atoms with Gasteiger partial charge in [-0.3, -0.25) is 0 Å². The Balaban J connectivity index is 0.00000225. The van der Waals surface area contributed by atoms with Crippen molar-refractivity contribution in [3.63, 3.8) is 0 Å². The van der Waals surface area contributed by atoms with Crippen molar-refractivity contribution in [2.45, 2.75) is 13.0 Å². The number of halogens is 1. The van der Waals surface area contributed by atoms with Gasteiger partial charge in [-0.05, 0) is 24.6 Å². The number of carbonyl (C=O) groups is 1. The predicted octanol–water partition coefficient (Wildman–Crippen LogP) is 1.92. The number of esters is 1. The van der Waals surface area contributed by atoms with Crippen LogP contribution in [0.2, 0.25) is 0 Å². The van der Waals surface area contributed by atoms with Crippen molar-refractivity contribution in [3.05, 3.63) is 29.3 Å². The van der Waals surface area contributed by atoms with Gasteiger partial charge in [-0.15, -0.1) is 12.4 Å². The van der Waals surface area contributed by atoms with Crippen LogP contribution in [0.25, 0.3) is 0 Å². The van der Waals surface area contributed by atoms with Gasteiger partial charge in [0.15, 0.2) is 0 Å². The normalized spacial score (nSPS) is 11.2. The van der Waals surface area contributed by atoms with Crippen LogP contribution in [0.15, 0.2) is 18.2 Å². The van der Waals surface area contributed by atoms with Crippen molar-refractivity contribution in [2.75, 3.05) is 14.2 Å². The van der Waals surface area contributed by atoms with Crippen molar-refractivity contribution in [1.82, 2.24) is 0 Å². The van der Waals surface area contributed by atoms with E-state index >= 15 is 0 Å². The Morgan fingerprint density at radius 3 is 2.44 bits per heavy atom. The summed E-state index contributed by atoms with van der Waals surface area (Å²) in [6.07, 6.45) is 0. The highest BCUT2D eigenvalue weighted by Crippen LogP contribution is 2.23. The van der Waals surface area contributed by atoms with E-state index < -0.39 is 5.97 Å². The summed E-state index contributed by atoms with van der Waals surface area (Å²) in [6, 6.07) is 5.10. The van der Waals surface area contributed by atoms with Crippen LogP contribution in [0.1, 0.15) is 28.9 Å². The average molecular weight is 246 g/mol. The number of rotatable bonds is 3. The molecule has 4 nitrogen and oxygen atoms in total. The van der Waals surface area contributed by atoms with Crippen molar-refractivity contribution in [1.29, 1.82) is 0 Å². The third-order valence-corrected chi connectivity index (χ3v) is 2.16. The number of hydrogen-bond donors (Lipinski definition) is 1. The van der Waals surface area contributed by atoms with E-state index in [9.17, 15) is 4.79 Å². The molecule has 0 aromatic heterocycles. The molecule has 0 aliphatic carbocycles. The lowest BCUT2D eigenvalue weighted by atomic mass is 10.1. The Labute approximate surface area is 101 Å². The Bertz CT molecular complexity index is 366. The van der Waals surface area contributed by atoms with Crippen molar-refractivity contribution in [2.24, 2.45) is 5.73 Å². The number of benzene rings is 1. The first-order valence-corrected chi connectivity index (χ1v) is 4.62. The molecule has 0 saturated carbocycles. The Morgan fingerprint density at radius 2 is 2.00 bits per heavy atom. The summed E-state index contributed by atoms with van der Waals surface area (Å²) in [5.41, 5.74) is 7.05. The molecule has 0 aliphatic rings. The van der Waals surface area contributed by atoms with Crippen molar-refractivity contribution < 1.29 is 14.3 Å². The third-order valence-electron chi connectivity index (χ3n) is 2.16. The molecule has 0 fully saturated rings. The number of hydrogen-bond acceptors (Lipinski definition) is 4. The summed E-state index contributed by atoms with van der Waals surface area (Å²) >= 11 is 0. The second-order valence-corrected chi connectivity index (χ2v) is 3.24. The van der Waals surface area contributed by atoms with Gasteiger partial charge in [0.05, 0.1) is 14.2 Å². The quantitative estimate of drug-likeness (QED) is 0.827. The lowest BCUT2D eigenvalue weighted by Gasteiger charge is -2.11. The molecule has 1 rings (SSSR count). The third kappa shape index (κ3) is 3.12. The van der Waals surface area contributed by atoms with Gasteiger partial charge in [-0.25, -0.2) is 4.79 Å². The topological polar surface area (TPSA) is 61.5 Å². The summed E-state index contributed by atoms with van der Waals surface area (Å²) in [7, 11) is 2.84. The van der Waals surface area contributed by atoms with E-state index in [2.05, 4.69) is 4.74 Å². The van der Waals surface area contributed by atoms with E-state index in [0.29, 0.717) is 11.3 Å². The van der Waals surface area contributed by atoms with Crippen molar-refractivity contribution in [3.8, 4) is 5.75 Å². The highest BCUT2D eigenvalue weighted by Gasteiger charge is 2.13. The van der Waals surface area contributed by atoms with Crippen LogP contribution in [0.4, 0.5) is 0 Å². The average Bonchev–Trinajstić information content (AvgIpc) is 2.27. The van der Waals surface area contributed by atoms with Gasteiger partial charge in [0.25, 0.3) is 0 Å². The maximum Gasteiger partial charge on any atom is 0.341 e. The van der Waals surface area contributed by atoms with Crippen molar-refractivity contribution >= 4 is 18.4 Å². The maximum atomic E-state index is 11.3. The molecular weight excluding hydrogens is 230 g/mol. The number of nitrogens with two attached hydrogens (primary N) is 1. The van der Waals surface area contributed by atoms with Crippen LogP contribution >= 0.6 is 12.4 Å². The molecule has 0 radical (unpaired) electrons. The minimum atomic E-state index is -0.414. The zero-order chi connectivity index (χ0) is 11.4. The van der Waals surface area contributed by atoms with Crippen LogP contribution in [-0.2, 0) is 4.74 Å². The Morgan fingerprint density at radius 1 is 1.38 bits per heavy atom.